The molecular weight excluding hydrogens is 244 g/mol. The van der Waals surface area contributed by atoms with Crippen molar-refractivity contribution in [2.75, 3.05) is 13.6 Å². The maximum Gasteiger partial charge on any atom is 0.0251 e. The van der Waals surface area contributed by atoms with Crippen molar-refractivity contribution in [2.45, 2.75) is 91.8 Å². The van der Waals surface area contributed by atoms with Gasteiger partial charge in [0.2, 0.25) is 0 Å². The molecule has 2 nitrogen and oxygen atoms in total. The second-order valence-electron chi connectivity index (χ2n) is 7.74. The van der Waals surface area contributed by atoms with E-state index in [-0.39, 0.29) is 0 Å². The fourth-order valence-corrected chi connectivity index (χ4v) is 3.55. The largest absolute Gasteiger partial charge is 0.312 e. The summed E-state index contributed by atoms with van der Waals surface area (Å²) in [6.45, 7) is 15.3. The predicted molar refractivity (Wildman–Crippen MR) is 90.2 cm³/mol. The van der Waals surface area contributed by atoms with Crippen LogP contribution in [0.15, 0.2) is 0 Å². The molecule has 1 rings (SSSR count). The molecule has 0 aromatic rings. The molecule has 0 amide bonds. The SMILES string of the molecule is CCCNC1CCC(C(C)(C)CC)CC1N(C)C(C)C. The van der Waals surface area contributed by atoms with E-state index >= 15 is 0 Å². The summed E-state index contributed by atoms with van der Waals surface area (Å²) in [4.78, 5) is 2.60. The molecule has 1 aliphatic carbocycles. The molecule has 0 aliphatic heterocycles. The predicted octanol–water partition coefficient (Wildman–Crippen LogP) is 4.30. The van der Waals surface area contributed by atoms with Crippen molar-refractivity contribution in [1.82, 2.24) is 10.2 Å². The summed E-state index contributed by atoms with van der Waals surface area (Å²) < 4.78 is 0. The quantitative estimate of drug-likeness (QED) is 0.749. The molecule has 0 heterocycles. The van der Waals surface area contributed by atoms with E-state index in [2.05, 4.69) is 58.8 Å². The van der Waals surface area contributed by atoms with Crippen molar-refractivity contribution < 1.29 is 0 Å². The minimum absolute atomic E-state index is 0.492. The molecule has 2 heteroatoms. The first-order valence-corrected chi connectivity index (χ1v) is 8.78. The highest BCUT2D eigenvalue weighted by Crippen LogP contribution is 2.41. The average molecular weight is 283 g/mol. The van der Waals surface area contributed by atoms with Gasteiger partial charge in [-0.05, 0) is 64.5 Å². The molecule has 3 unspecified atom stereocenters. The fraction of sp³-hybridized carbons (Fsp3) is 1.00. The zero-order valence-corrected chi connectivity index (χ0v) is 15.0. The van der Waals surface area contributed by atoms with E-state index in [9.17, 15) is 0 Å². The molecule has 0 radical (unpaired) electrons. The van der Waals surface area contributed by atoms with Gasteiger partial charge in [0.1, 0.15) is 0 Å². The maximum atomic E-state index is 3.81. The summed E-state index contributed by atoms with van der Waals surface area (Å²) in [6.07, 6.45) is 6.62. The third-order valence-electron chi connectivity index (χ3n) is 5.83. The Kier molecular flexibility index (Phi) is 7.00. The van der Waals surface area contributed by atoms with Crippen LogP contribution in [0.5, 0.6) is 0 Å². The number of nitrogens with zero attached hydrogens (tertiary/aromatic N) is 1. The van der Waals surface area contributed by atoms with Gasteiger partial charge in [-0.25, -0.2) is 0 Å². The van der Waals surface area contributed by atoms with Crippen LogP contribution in [0.2, 0.25) is 0 Å². The van der Waals surface area contributed by atoms with Crippen molar-refractivity contribution >= 4 is 0 Å². The van der Waals surface area contributed by atoms with Gasteiger partial charge >= 0.3 is 0 Å². The van der Waals surface area contributed by atoms with Gasteiger partial charge in [-0.3, -0.25) is 4.90 Å². The summed E-state index contributed by atoms with van der Waals surface area (Å²) in [6, 6.07) is 2.02. The summed E-state index contributed by atoms with van der Waals surface area (Å²) in [5, 5.41) is 3.81. The Morgan fingerprint density at radius 3 is 2.35 bits per heavy atom. The first-order valence-electron chi connectivity index (χ1n) is 8.78. The van der Waals surface area contributed by atoms with Crippen LogP contribution < -0.4 is 5.32 Å². The first-order chi connectivity index (χ1) is 9.33. The van der Waals surface area contributed by atoms with Crippen molar-refractivity contribution in [3.05, 3.63) is 0 Å². The van der Waals surface area contributed by atoms with Crippen LogP contribution in [-0.4, -0.2) is 36.6 Å². The van der Waals surface area contributed by atoms with E-state index < -0.39 is 0 Å². The highest BCUT2D eigenvalue weighted by molar-refractivity contribution is 4.94. The smallest absolute Gasteiger partial charge is 0.0251 e. The zero-order chi connectivity index (χ0) is 15.3. The lowest BCUT2D eigenvalue weighted by Gasteiger charge is -2.47. The second kappa shape index (κ2) is 7.79. The van der Waals surface area contributed by atoms with Crippen molar-refractivity contribution in [1.29, 1.82) is 0 Å². The summed E-state index contributed by atoms with van der Waals surface area (Å²) in [7, 11) is 2.32. The second-order valence-corrected chi connectivity index (χ2v) is 7.74. The third-order valence-corrected chi connectivity index (χ3v) is 5.83. The molecule has 0 spiro atoms. The number of nitrogens with one attached hydrogen (secondary N) is 1. The highest BCUT2D eigenvalue weighted by Gasteiger charge is 2.38. The monoisotopic (exact) mass is 282 g/mol. The topological polar surface area (TPSA) is 15.3 Å². The Morgan fingerprint density at radius 1 is 1.20 bits per heavy atom. The van der Waals surface area contributed by atoms with Crippen LogP contribution in [0, 0.1) is 11.3 Å². The van der Waals surface area contributed by atoms with Gasteiger partial charge in [-0.15, -0.1) is 0 Å². The third kappa shape index (κ3) is 4.46. The van der Waals surface area contributed by atoms with Gasteiger partial charge < -0.3 is 5.32 Å². The number of hydrogen-bond donors (Lipinski definition) is 1. The fourth-order valence-electron chi connectivity index (χ4n) is 3.55. The minimum Gasteiger partial charge on any atom is -0.312 e. The van der Waals surface area contributed by atoms with Crippen molar-refractivity contribution in [3.8, 4) is 0 Å². The molecule has 1 N–H and O–H groups in total. The summed E-state index contributed by atoms with van der Waals surface area (Å²) in [5.41, 5.74) is 0.492. The van der Waals surface area contributed by atoms with E-state index in [1.807, 2.05) is 0 Å². The van der Waals surface area contributed by atoms with Crippen LogP contribution >= 0.6 is 0 Å². The normalized spacial score (nSPS) is 28.4. The maximum absolute atomic E-state index is 3.81. The van der Waals surface area contributed by atoms with E-state index in [0.717, 1.165) is 12.5 Å². The number of hydrogen-bond acceptors (Lipinski definition) is 2. The number of likely N-dealkylation sites (N-methyl/N-ethyl adjacent to an activating group) is 1. The van der Waals surface area contributed by atoms with E-state index in [1.165, 1.54) is 32.1 Å². The Labute approximate surface area is 127 Å². The average Bonchev–Trinajstić information content (AvgIpc) is 2.43. The highest BCUT2D eigenvalue weighted by atomic mass is 15.2. The van der Waals surface area contributed by atoms with Crippen molar-refractivity contribution in [3.63, 3.8) is 0 Å². The lowest BCUT2D eigenvalue weighted by Crippen LogP contribution is -2.55. The standard InChI is InChI=1S/C18H38N2/c1-8-12-19-16-11-10-15(18(5,6)9-2)13-17(16)20(7)14(3)4/h14-17,19H,8-13H2,1-7H3. The van der Waals surface area contributed by atoms with Gasteiger partial charge in [-0.2, -0.15) is 0 Å². The molecule has 3 atom stereocenters. The molecule has 0 bridgehead atoms. The Hall–Kier alpha value is -0.0800. The Balaban J connectivity index is 2.77. The van der Waals surface area contributed by atoms with Crippen LogP contribution in [0.3, 0.4) is 0 Å². The molecule has 1 saturated carbocycles. The van der Waals surface area contributed by atoms with E-state index in [1.54, 1.807) is 0 Å². The first kappa shape index (κ1) is 18.0. The van der Waals surface area contributed by atoms with Gasteiger partial charge in [-0.1, -0.05) is 34.1 Å². The molecule has 0 aromatic heterocycles. The Bertz CT molecular complexity index is 273. The molecule has 0 aromatic carbocycles. The van der Waals surface area contributed by atoms with Crippen molar-refractivity contribution in [2.24, 2.45) is 11.3 Å². The van der Waals surface area contributed by atoms with Gasteiger partial charge in [0, 0.05) is 18.1 Å². The van der Waals surface area contributed by atoms with E-state index in [4.69, 9.17) is 0 Å². The molecule has 0 saturated heterocycles. The van der Waals surface area contributed by atoms with Crippen LogP contribution in [0.1, 0.15) is 73.6 Å². The lowest BCUT2D eigenvalue weighted by molar-refractivity contribution is 0.0490. The van der Waals surface area contributed by atoms with E-state index in [0.29, 0.717) is 23.5 Å². The molecule has 120 valence electrons. The summed E-state index contributed by atoms with van der Waals surface area (Å²) >= 11 is 0. The molecule has 1 aliphatic rings. The van der Waals surface area contributed by atoms with Crippen LogP contribution in [0.25, 0.3) is 0 Å². The summed E-state index contributed by atoms with van der Waals surface area (Å²) in [5.74, 6) is 0.873. The molecule has 20 heavy (non-hydrogen) atoms. The van der Waals surface area contributed by atoms with Crippen LogP contribution in [-0.2, 0) is 0 Å². The van der Waals surface area contributed by atoms with Crippen LogP contribution in [0.4, 0.5) is 0 Å². The minimum atomic E-state index is 0.492. The number of rotatable bonds is 7. The van der Waals surface area contributed by atoms with Gasteiger partial charge in [0.15, 0.2) is 0 Å². The molecular formula is C18H38N2. The zero-order valence-electron chi connectivity index (χ0n) is 15.0. The lowest BCUT2D eigenvalue weighted by atomic mass is 9.67. The molecule has 1 fully saturated rings. The Morgan fingerprint density at radius 2 is 1.85 bits per heavy atom. The van der Waals surface area contributed by atoms with Gasteiger partial charge in [0.05, 0.1) is 0 Å². The van der Waals surface area contributed by atoms with Gasteiger partial charge in [0.25, 0.3) is 0 Å².